The third-order valence-electron chi connectivity index (χ3n) is 4.26. The Bertz CT molecular complexity index is 1110. The zero-order chi connectivity index (χ0) is 19.7. The van der Waals surface area contributed by atoms with Crippen LogP contribution in [0.5, 0.6) is 0 Å². The van der Waals surface area contributed by atoms with Crippen molar-refractivity contribution in [2.75, 3.05) is 18.0 Å². The molecule has 3 rings (SSSR count). The third-order valence-corrected chi connectivity index (χ3v) is 4.26. The normalized spacial score (nSPS) is 12.0. The zero-order valence-electron chi connectivity index (χ0n) is 15.0. The van der Waals surface area contributed by atoms with E-state index in [0.717, 1.165) is 11.1 Å². The summed E-state index contributed by atoms with van der Waals surface area (Å²) >= 11 is 0. The molecule has 2 aromatic rings. The Balaban J connectivity index is 2.05. The molecule has 0 bridgehead atoms. The first-order valence-corrected chi connectivity index (χ1v) is 8.31. The molecule has 2 heterocycles. The molecule has 3 N–H and O–H groups in total. The van der Waals surface area contributed by atoms with Gasteiger partial charge in [-0.1, -0.05) is 6.58 Å². The van der Waals surface area contributed by atoms with Crippen molar-refractivity contribution in [2.24, 2.45) is 4.99 Å². The molecule has 0 atom stereocenters. The minimum absolute atomic E-state index is 0.0163. The topological polar surface area (TPSA) is 128 Å². The predicted octanol–water partition coefficient (Wildman–Crippen LogP) is -0.209. The van der Waals surface area contributed by atoms with Crippen molar-refractivity contribution in [3.05, 3.63) is 44.5 Å². The summed E-state index contributed by atoms with van der Waals surface area (Å²) < 4.78 is 0. The lowest BCUT2D eigenvalue weighted by atomic mass is 10.1. The molecule has 0 aliphatic carbocycles. The van der Waals surface area contributed by atoms with Gasteiger partial charge in [-0.3, -0.25) is 14.4 Å². The highest BCUT2D eigenvalue weighted by molar-refractivity contribution is 5.87. The minimum atomic E-state index is -0.997. The molecule has 1 aromatic heterocycles. The van der Waals surface area contributed by atoms with Crippen molar-refractivity contribution >= 4 is 35.6 Å². The van der Waals surface area contributed by atoms with Crippen LogP contribution in [-0.4, -0.2) is 40.0 Å². The maximum absolute atomic E-state index is 12.3. The van der Waals surface area contributed by atoms with Gasteiger partial charge in [0.05, 0.1) is 17.8 Å². The number of aromatic amines is 1. The molecule has 27 heavy (non-hydrogen) atoms. The van der Waals surface area contributed by atoms with Gasteiger partial charge in [0.1, 0.15) is 12.0 Å². The average Bonchev–Trinajstić information content (AvgIpc) is 2.57. The highest BCUT2D eigenvalue weighted by Gasteiger charge is 2.25. The summed E-state index contributed by atoms with van der Waals surface area (Å²) in [7, 11) is 0. The van der Waals surface area contributed by atoms with Gasteiger partial charge in [0.25, 0.3) is 5.56 Å². The molecule has 9 heteroatoms. The lowest BCUT2D eigenvalue weighted by molar-refractivity contribution is -0.136. The first-order valence-electron chi connectivity index (χ1n) is 8.31. The van der Waals surface area contributed by atoms with Gasteiger partial charge in [0.2, 0.25) is 5.91 Å². The monoisotopic (exact) mass is 369 g/mol. The van der Waals surface area contributed by atoms with Crippen LogP contribution in [0.4, 0.5) is 17.2 Å². The van der Waals surface area contributed by atoms with Crippen LogP contribution in [-0.2, 0) is 9.59 Å². The van der Waals surface area contributed by atoms with E-state index in [1.807, 2.05) is 26.0 Å². The molecule has 1 amide bonds. The third kappa shape index (κ3) is 3.71. The highest BCUT2D eigenvalue weighted by Crippen LogP contribution is 2.36. The number of nitrogens with one attached hydrogen (secondary N) is 2. The highest BCUT2D eigenvalue weighted by atomic mass is 16.4. The molecular formula is C18H19N5O4. The number of carbonyl (C=O) groups excluding carboxylic acids is 1. The van der Waals surface area contributed by atoms with Crippen molar-refractivity contribution < 1.29 is 14.7 Å². The molecule has 1 aliphatic heterocycles. The van der Waals surface area contributed by atoms with Crippen molar-refractivity contribution in [1.82, 2.24) is 15.3 Å². The van der Waals surface area contributed by atoms with E-state index in [2.05, 4.69) is 26.9 Å². The molecule has 0 saturated heterocycles. The Kier molecular flexibility index (Phi) is 4.76. The quantitative estimate of drug-likeness (QED) is 0.669. The Morgan fingerprint density at radius 1 is 1.30 bits per heavy atom. The van der Waals surface area contributed by atoms with Crippen LogP contribution in [0.1, 0.15) is 17.5 Å². The number of carbonyl (C=O) groups is 2. The van der Waals surface area contributed by atoms with Gasteiger partial charge in [-0.15, -0.1) is 0 Å². The fraction of sp³-hybridized carbons (Fsp3) is 0.278. The molecule has 1 aliphatic rings. The number of fused-ring (bicyclic) bond motifs is 2. The molecule has 140 valence electrons. The van der Waals surface area contributed by atoms with E-state index >= 15 is 0 Å². The predicted molar refractivity (Wildman–Crippen MR) is 99.0 cm³/mol. The van der Waals surface area contributed by atoms with Crippen LogP contribution in [0.25, 0.3) is 6.58 Å². The lowest BCUT2D eigenvalue weighted by Gasteiger charge is -2.28. The number of nitrogens with zero attached hydrogens (tertiary/aromatic N) is 3. The second-order valence-corrected chi connectivity index (χ2v) is 6.30. The number of carboxylic acids is 1. The number of benzene rings is 1. The molecule has 0 spiro atoms. The van der Waals surface area contributed by atoms with Crippen LogP contribution in [0, 0.1) is 13.8 Å². The van der Waals surface area contributed by atoms with Crippen LogP contribution in [0.3, 0.4) is 0 Å². The Morgan fingerprint density at radius 3 is 2.70 bits per heavy atom. The molecule has 0 fully saturated rings. The fourth-order valence-electron chi connectivity index (χ4n) is 2.78. The maximum Gasteiger partial charge on any atom is 0.305 e. The van der Waals surface area contributed by atoms with Crippen molar-refractivity contribution in [1.29, 1.82) is 0 Å². The number of carboxylic acid groups (broad SMARTS) is 1. The van der Waals surface area contributed by atoms with E-state index in [1.54, 1.807) is 4.90 Å². The smallest absolute Gasteiger partial charge is 0.305 e. The molecule has 0 unspecified atom stereocenters. The Hall–Kier alpha value is -3.49. The summed E-state index contributed by atoms with van der Waals surface area (Å²) in [4.78, 5) is 48.0. The van der Waals surface area contributed by atoms with E-state index in [1.165, 1.54) is 0 Å². The molecule has 0 saturated carbocycles. The number of rotatable bonds is 5. The second-order valence-electron chi connectivity index (χ2n) is 6.30. The summed E-state index contributed by atoms with van der Waals surface area (Å²) in [6.07, 6.45) is -0.173. The summed E-state index contributed by atoms with van der Waals surface area (Å²) in [6.45, 7) is 7.42. The number of aromatic nitrogens is 2. The van der Waals surface area contributed by atoms with Crippen LogP contribution >= 0.6 is 0 Å². The number of anilines is 2. The number of amides is 1. The van der Waals surface area contributed by atoms with Gasteiger partial charge in [0, 0.05) is 6.54 Å². The Labute approximate surface area is 154 Å². The zero-order valence-corrected chi connectivity index (χ0v) is 15.0. The molecular weight excluding hydrogens is 350 g/mol. The molecule has 1 aromatic carbocycles. The van der Waals surface area contributed by atoms with E-state index in [4.69, 9.17) is 5.11 Å². The molecule has 9 nitrogen and oxygen atoms in total. The van der Waals surface area contributed by atoms with Crippen LogP contribution in [0.15, 0.2) is 21.9 Å². The number of aryl methyl sites for hydroxylation is 2. The van der Waals surface area contributed by atoms with Crippen molar-refractivity contribution in [2.45, 2.75) is 20.3 Å². The summed E-state index contributed by atoms with van der Waals surface area (Å²) in [5.41, 5.74) is 2.94. The van der Waals surface area contributed by atoms with Crippen LogP contribution < -0.4 is 26.6 Å². The number of hydrogen-bond donors (Lipinski definition) is 3. The number of H-pyrrole nitrogens is 1. The van der Waals surface area contributed by atoms with Gasteiger partial charge in [-0.05, 0) is 37.1 Å². The van der Waals surface area contributed by atoms with Gasteiger partial charge >= 0.3 is 5.97 Å². The first-order chi connectivity index (χ1) is 12.8. The minimum Gasteiger partial charge on any atom is -0.481 e. The maximum atomic E-state index is 12.3. The molecule has 0 radical (unpaired) electrons. The van der Waals surface area contributed by atoms with Gasteiger partial charge in [0.15, 0.2) is 11.2 Å². The average molecular weight is 369 g/mol. The van der Waals surface area contributed by atoms with E-state index in [-0.39, 0.29) is 42.1 Å². The van der Waals surface area contributed by atoms with E-state index in [0.29, 0.717) is 11.4 Å². The number of aliphatic carboxylic acids is 1. The summed E-state index contributed by atoms with van der Waals surface area (Å²) in [5, 5.41) is 11.4. The summed E-state index contributed by atoms with van der Waals surface area (Å²) in [5.74, 6) is -1.14. The van der Waals surface area contributed by atoms with Crippen LogP contribution in [0.2, 0.25) is 0 Å². The van der Waals surface area contributed by atoms with Gasteiger partial charge in [-0.2, -0.15) is 0 Å². The Morgan fingerprint density at radius 2 is 2.00 bits per heavy atom. The SMILES string of the molecule is C=c1nc2c(c(=O)[nH]1)=Nc1cc(C)c(C)cc1N2CC(=O)NCCC(=O)O. The van der Waals surface area contributed by atoms with E-state index < -0.39 is 11.5 Å². The number of hydrogen-bond acceptors (Lipinski definition) is 6. The van der Waals surface area contributed by atoms with Crippen molar-refractivity contribution in [3.8, 4) is 0 Å². The fourth-order valence-corrected chi connectivity index (χ4v) is 2.78. The summed E-state index contributed by atoms with van der Waals surface area (Å²) in [6, 6.07) is 3.73. The second kappa shape index (κ2) is 7.02. The van der Waals surface area contributed by atoms with Gasteiger partial charge in [-0.25, -0.2) is 9.98 Å². The van der Waals surface area contributed by atoms with Crippen molar-refractivity contribution in [3.63, 3.8) is 0 Å². The van der Waals surface area contributed by atoms with E-state index in [9.17, 15) is 14.4 Å². The largest absolute Gasteiger partial charge is 0.481 e. The lowest BCUT2D eigenvalue weighted by Crippen LogP contribution is -2.45. The standard InChI is InChI=1S/C18H19N5O4/c1-9-6-12-13(7-10(9)2)23(8-14(24)19-5-4-15(25)26)17-16(22-12)18(27)21-11(3)20-17/h6-7H,3-5,8H2,1-2H3,(H,19,24)(H,21,27)(H,25,26). The first kappa shape index (κ1) is 18.3. The van der Waals surface area contributed by atoms with Gasteiger partial charge < -0.3 is 20.3 Å².